The molecule has 2 N–H and O–H groups in total. The number of rotatable bonds is 12. The molecule has 0 aromatic heterocycles. The van der Waals surface area contributed by atoms with Crippen LogP contribution in [0.3, 0.4) is 0 Å². The first kappa shape index (κ1) is 21.2. The fourth-order valence-corrected chi connectivity index (χ4v) is 2.62. The van der Waals surface area contributed by atoms with Crippen molar-refractivity contribution in [2.24, 2.45) is 0 Å². The van der Waals surface area contributed by atoms with Gasteiger partial charge in [-0.1, -0.05) is 71.1 Å². The number of hydrogen-bond acceptors (Lipinski definition) is 1. The van der Waals surface area contributed by atoms with Gasteiger partial charge in [-0.15, -0.1) is 0 Å². The Morgan fingerprint density at radius 2 is 1.11 bits per heavy atom. The summed E-state index contributed by atoms with van der Waals surface area (Å²) in [5, 5.41) is 0. The van der Waals surface area contributed by atoms with E-state index in [-0.39, 0.29) is 32.1 Å². The van der Waals surface area contributed by atoms with Crippen molar-refractivity contribution in [3.8, 4) is 0 Å². The normalized spacial score (nSPS) is 11.3. The molecule has 0 atom stereocenters. The van der Waals surface area contributed by atoms with E-state index in [9.17, 15) is 4.57 Å². The van der Waals surface area contributed by atoms with E-state index in [4.69, 9.17) is 9.79 Å². The molecule has 0 fully saturated rings. The van der Waals surface area contributed by atoms with Crippen LogP contribution in [-0.4, -0.2) is 39.0 Å². The van der Waals surface area contributed by atoms with Crippen LogP contribution >= 0.6 is 7.60 Å². The molecule has 0 radical (unpaired) electrons. The van der Waals surface area contributed by atoms with Crippen molar-refractivity contribution in [3.05, 3.63) is 0 Å². The molecule has 18 heavy (non-hydrogen) atoms. The molecule has 0 saturated heterocycles. The fourth-order valence-electron chi connectivity index (χ4n) is 1.98. The van der Waals surface area contributed by atoms with Crippen LogP contribution in [0.1, 0.15) is 80.4 Å². The van der Waals surface area contributed by atoms with Gasteiger partial charge in [-0.3, -0.25) is 4.57 Å². The van der Waals surface area contributed by atoms with E-state index in [0.717, 1.165) is 12.8 Å². The molecule has 0 spiro atoms. The van der Waals surface area contributed by atoms with Crippen molar-refractivity contribution < 1.29 is 17.2 Å². The Kier molecular flexibility index (Phi) is 16.9. The Morgan fingerprint density at radius 1 is 0.778 bits per heavy atom. The predicted octanol–water partition coefficient (Wildman–Crippen LogP) is 4.32. The first-order chi connectivity index (χ1) is 8.06. The molecule has 0 bridgehead atoms. The zero-order chi connectivity index (χ0) is 13.0. The van der Waals surface area contributed by atoms with Crippen LogP contribution in [0.15, 0.2) is 0 Å². The molecule has 0 amide bonds. The summed E-state index contributed by atoms with van der Waals surface area (Å²) in [6.07, 6.45) is 13.4. The smallest absolute Gasteiger partial charge is 1.00 e. The second kappa shape index (κ2) is 14.3. The molecule has 0 saturated carbocycles. The second-order valence-corrected chi connectivity index (χ2v) is 6.70. The van der Waals surface area contributed by atoms with E-state index in [1.54, 1.807) is 0 Å². The summed E-state index contributed by atoms with van der Waals surface area (Å²) in [5.41, 5.74) is 0. The van der Waals surface area contributed by atoms with Crippen LogP contribution in [0, 0.1) is 0 Å². The number of hydrogen-bond donors (Lipinski definition) is 2. The predicted molar refractivity (Wildman–Crippen MR) is 81.4 cm³/mol. The molecule has 5 heteroatoms. The van der Waals surface area contributed by atoms with Gasteiger partial charge in [0, 0.05) is 6.16 Å². The third-order valence-corrected chi connectivity index (χ3v) is 3.95. The molecular formula is C13H31MgO3P. The van der Waals surface area contributed by atoms with E-state index in [0.29, 0.717) is 6.42 Å². The average molecular weight is 291 g/mol. The molecule has 0 heterocycles. The van der Waals surface area contributed by atoms with Crippen molar-refractivity contribution in [1.82, 2.24) is 0 Å². The molecular weight excluding hydrogens is 259 g/mol. The Bertz CT molecular complexity index is 216. The Hall–Kier alpha value is 0.916. The summed E-state index contributed by atoms with van der Waals surface area (Å²) >= 11 is 0. The van der Waals surface area contributed by atoms with Gasteiger partial charge in [-0.25, -0.2) is 0 Å². The van der Waals surface area contributed by atoms with Gasteiger partial charge in [-0.05, 0) is 6.42 Å². The Labute approximate surface area is 131 Å². The van der Waals surface area contributed by atoms with Crippen LogP contribution in [0.4, 0.5) is 0 Å². The molecule has 0 unspecified atom stereocenters. The van der Waals surface area contributed by atoms with Crippen LogP contribution in [-0.2, 0) is 4.57 Å². The van der Waals surface area contributed by atoms with Gasteiger partial charge in [0.2, 0.25) is 0 Å². The molecule has 0 aliphatic carbocycles. The summed E-state index contributed by atoms with van der Waals surface area (Å²) in [6.45, 7) is 2.23. The van der Waals surface area contributed by atoms with Crippen molar-refractivity contribution in [1.29, 1.82) is 0 Å². The van der Waals surface area contributed by atoms with Gasteiger partial charge in [0.05, 0.1) is 0 Å². The molecule has 108 valence electrons. The van der Waals surface area contributed by atoms with E-state index in [1.165, 1.54) is 51.4 Å². The third-order valence-electron chi connectivity index (χ3n) is 3.05. The summed E-state index contributed by atoms with van der Waals surface area (Å²) in [4.78, 5) is 17.3. The Balaban J connectivity index is -0.000000427. The van der Waals surface area contributed by atoms with Crippen molar-refractivity contribution in [2.75, 3.05) is 6.16 Å². The molecule has 0 rings (SSSR count). The maximum atomic E-state index is 10.6. The first-order valence-corrected chi connectivity index (χ1v) is 8.90. The molecule has 3 nitrogen and oxygen atoms in total. The van der Waals surface area contributed by atoms with E-state index >= 15 is 0 Å². The van der Waals surface area contributed by atoms with Crippen LogP contribution in [0.2, 0.25) is 0 Å². The minimum absolute atomic E-state index is 0. The van der Waals surface area contributed by atoms with Crippen LogP contribution < -0.4 is 0 Å². The van der Waals surface area contributed by atoms with Gasteiger partial charge >= 0.3 is 30.6 Å². The monoisotopic (exact) mass is 290 g/mol. The zero-order valence-electron chi connectivity index (χ0n) is 13.9. The summed E-state index contributed by atoms with van der Waals surface area (Å²) < 4.78 is 10.6. The summed E-state index contributed by atoms with van der Waals surface area (Å²) in [6, 6.07) is 0. The third kappa shape index (κ3) is 19.3. The van der Waals surface area contributed by atoms with Crippen molar-refractivity contribution >= 4 is 30.6 Å². The van der Waals surface area contributed by atoms with Crippen LogP contribution in [0.25, 0.3) is 0 Å². The topological polar surface area (TPSA) is 57.5 Å². The maximum Gasteiger partial charge on any atom is 2.00 e. The summed E-state index contributed by atoms with van der Waals surface area (Å²) in [5.74, 6) is 0. The average Bonchev–Trinajstić information content (AvgIpc) is 2.24. The molecule has 0 aromatic rings. The quantitative estimate of drug-likeness (QED) is 0.320. The SMILES string of the molecule is CCCCCCCCCCCCCP(=O)(O)O.[H-].[H-].[Mg+2]. The molecule has 0 aliphatic heterocycles. The summed E-state index contributed by atoms with van der Waals surface area (Å²) in [7, 11) is -3.74. The van der Waals surface area contributed by atoms with Gasteiger partial charge in [0.1, 0.15) is 0 Å². The molecule has 0 aromatic carbocycles. The van der Waals surface area contributed by atoms with E-state index < -0.39 is 7.60 Å². The molecule has 0 aliphatic rings. The second-order valence-electron chi connectivity index (χ2n) is 4.92. The Morgan fingerprint density at radius 3 is 1.44 bits per heavy atom. The van der Waals surface area contributed by atoms with Gasteiger partial charge < -0.3 is 12.6 Å². The van der Waals surface area contributed by atoms with E-state index in [1.807, 2.05) is 0 Å². The largest absolute Gasteiger partial charge is 2.00 e. The number of unbranched alkanes of at least 4 members (excludes halogenated alkanes) is 10. The van der Waals surface area contributed by atoms with Gasteiger partial charge in [0.15, 0.2) is 0 Å². The minimum atomic E-state index is -3.74. The van der Waals surface area contributed by atoms with Crippen LogP contribution in [0.5, 0.6) is 0 Å². The van der Waals surface area contributed by atoms with Gasteiger partial charge in [-0.2, -0.15) is 0 Å². The fraction of sp³-hybridized carbons (Fsp3) is 1.00. The van der Waals surface area contributed by atoms with E-state index in [2.05, 4.69) is 6.92 Å². The standard InChI is InChI=1S/C13H29O3P.Mg.2H/c1-2-3-4-5-6-7-8-9-10-11-12-13-17(14,15)16;;;/h2-13H2,1H3,(H2,14,15,16);;;/q;+2;2*-1. The maximum absolute atomic E-state index is 10.6. The van der Waals surface area contributed by atoms with Gasteiger partial charge in [0.25, 0.3) is 0 Å². The van der Waals surface area contributed by atoms with Crippen molar-refractivity contribution in [3.63, 3.8) is 0 Å². The first-order valence-electron chi connectivity index (χ1n) is 7.11. The minimum Gasteiger partial charge on any atom is -1.00 e. The zero-order valence-corrected chi connectivity index (χ0v) is 14.3. The van der Waals surface area contributed by atoms with Crippen molar-refractivity contribution in [2.45, 2.75) is 77.6 Å².